The topological polar surface area (TPSA) is 46.5 Å². The van der Waals surface area contributed by atoms with Crippen LogP contribution in [0.25, 0.3) is 0 Å². The Morgan fingerprint density at radius 1 is 1.60 bits per heavy atom. The minimum absolute atomic E-state index is 0.0662. The van der Waals surface area contributed by atoms with Crippen molar-refractivity contribution in [1.82, 2.24) is 0 Å². The van der Waals surface area contributed by atoms with Gasteiger partial charge >= 0.3 is 5.97 Å². The Kier molecular flexibility index (Phi) is 3.97. The first-order valence-corrected chi connectivity index (χ1v) is 4.97. The van der Waals surface area contributed by atoms with Crippen molar-refractivity contribution >= 4 is 17.6 Å². The van der Waals surface area contributed by atoms with Gasteiger partial charge < -0.3 is 9.84 Å². The summed E-state index contributed by atoms with van der Waals surface area (Å²) < 4.78 is 5.15. The van der Waals surface area contributed by atoms with E-state index >= 15 is 0 Å². The van der Waals surface area contributed by atoms with Gasteiger partial charge in [-0.3, -0.25) is 4.79 Å². The number of hydrogen-bond acceptors (Lipinski definition) is 2. The molecule has 3 nitrogen and oxygen atoms in total. The number of carboxylic acids is 1. The third-order valence-corrected chi connectivity index (χ3v) is 2.44. The second-order valence-corrected chi connectivity index (χ2v) is 3.82. The number of halogens is 1. The van der Waals surface area contributed by atoms with Crippen molar-refractivity contribution in [2.24, 2.45) is 0 Å². The van der Waals surface area contributed by atoms with Gasteiger partial charge in [-0.05, 0) is 29.7 Å². The zero-order chi connectivity index (χ0) is 11.4. The predicted molar refractivity (Wildman–Crippen MR) is 58.7 cm³/mol. The fourth-order valence-corrected chi connectivity index (χ4v) is 1.64. The number of carboxylic acid groups (broad SMARTS) is 1. The monoisotopic (exact) mass is 228 g/mol. The van der Waals surface area contributed by atoms with Crippen LogP contribution in [-0.2, 0) is 4.79 Å². The molecule has 0 bridgehead atoms. The highest BCUT2D eigenvalue weighted by atomic mass is 35.5. The van der Waals surface area contributed by atoms with Crippen molar-refractivity contribution in [1.29, 1.82) is 0 Å². The molecule has 82 valence electrons. The van der Waals surface area contributed by atoms with Gasteiger partial charge in [0.05, 0.1) is 13.5 Å². The standard InChI is InChI=1S/C11H13ClO3/c1-7(5-11(13)14)9-6-8(12)3-4-10(9)15-2/h3-4,6-7H,5H2,1-2H3,(H,13,14). The van der Waals surface area contributed by atoms with Gasteiger partial charge in [0.15, 0.2) is 0 Å². The first kappa shape index (κ1) is 11.9. The van der Waals surface area contributed by atoms with Crippen molar-refractivity contribution in [2.45, 2.75) is 19.3 Å². The molecule has 4 heteroatoms. The van der Waals surface area contributed by atoms with Crippen LogP contribution < -0.4 is 4.74 Å². The summed E-state index contributed by atoms with van der Waals surface area (Å²) in [6.07, 6.45) is 0.0662. The van der Waals surface area contributed by atoms with Crippen molar-refractivity contribution in [3.63, 3.8) is 0 Å². The lowest BCUT2D eigenvalue weighted by Gasteiger charge is -2.14. The molecule has 0 amide bonds. The van der Waals surface area contributed by atoms with Gasteiger partial charge in [0, 0.05) is 5.02 Å². The smallest absolute Gasteiger partial charge is 0.303 e. The SMILES string of the molecule is COc1ccc(Cl)cc1C(C)CC(=O)O. The van der Waals surface area contributed by atoms with E-state index in [1.165, 1.54) is 0 Å². The molecule has 1 unspecified atom stereocenters. The molecule has 15 heavy (non-hydrogen) atoms. The van der Waals surface area contributed by atoms with E-state index in [2.05, 4.69) is 0 Å². The summed E-state index contributed by atoms with van der Waals surface area (Å²) in [5.74, 6) is -0.270. The summed E-state index contributed by atoms with van der Waals surface area (Å²) in [5, 5.41) is 9.29. The molecule has 1 aromatic rings. The number of rotatable bonds is 4. The minimum atomic E-state index is -0.829. The van der Waals surface area contributed by atoms with E-state index in [1.54, 1.807) is 25.3 Å². The van der Waals surface area contributed by atoms with Gasteiger partial charge in [-0.25, -0.2) is 0 Å². The molecule has 0 radical (unpaired) electrons. The van der Waals surface area contributed by atoms with E-state index in [4.69, 9.17) is 21.4 Å². The van der Waals surface area contributed by atoms with Crippen LogP contribution in [0.4, 0.5) is 0 Å². The Bertz CT molecular complexity index is 363. The highest BCUT2D eigenvalue weighted by Crippen LogP contribution is 2.31. The Morgan fingerprint density at radius 3 is 2.80 bits per heavy atom. The van der Waals surface area contributed by atoms with Gasteiger partial charge in [-0.2, -0.15) is 0 Å². The second kappa shape index (κ2) is 5.03. The third kappa shape index (κ3) is 3.13. The molecule has 0 saturated heterocycles. The van der Waals surface area contributed by atoms with Gasteiger partial charge in [-0.1, -0.05) is 18.5 Å². The van der Waals surface area contributed by atoms with Crippen LogP contribution in [0, 0.1) is 0 Å². The van der Waals surface area contributed by atoms with E-state index in [9.17, 15) is 4.79 Å². The third-order valence-electron chi connectivity index (χ3n) is 2.20. The maximum absolute atomic E-state index is 10.6. The minimum Gasteiger partial charge on any atom is -0.496 e. The zero-order valence-electron chi connectivity index (χ0n) is 8.66. The van der Waals surface area contributed by atoms with Gasteiger partial charge in [0.1, 0.15) is 5.75 Å². The van der Waals surface area contributed by atoms with Crippen molar-refractivity contribution < 1.29 is 14.6 Å². The maximum atomic E-state index is 10.6. The van der Waals surface area contributed by atoms with Crippen LogP contribution in [0.1, 0.15) is 24.8 Å². The molecule has 1 rings (SSSR count). The molecule has 1 atom stereocenters. The number of hydrogen-bond donors (Lipinski definition) is 1. The second-order valence-electron chi connectivity index (χ2n) is 3.39. The van der Waals surface area contributed by atoms with Crippen LogP contribution in [0.2, 0.25) is 5.02 Å². The largest absolute Gasteiger partial charge is 0.496 e. The Labute approximate surface area is 93.6 Å². The molecule has 0 aliphatic heterocycles. The van der Waals surface area contributed by atoms with Crippen LogP contribution in [0.3, 0.4) is 0 Å². The molecule has 1 aromatic carbocycles. The average molecular weight is 229 g/mol. The highest BCUT2D eigenvalue weighted by Gasteiger charge is 2.15. The molecule has 1 N–H and O–H groups in total. The molecular weight excluding hydrogens is 216 g/mol. The van der Waals surface area contributed by atoms with E-state index in [0.29, 0.717) is 10.8 Å². The van der Waals surface area contributed by atoms with Crippen LogP contribution in [0.5, 0.6) is 5.75 Å². The summed E-state index contributed by atoms with van der Waals surface area (Å²) in [5.41, 5.74) is 0.826. The van der Waals surface area contributed by atoms with Gasteiger partial charge in [0.25, 0.3) is 0 Å². The van der Waals surface area contributed by atoms with Crippen LogP contribution in [0.15, 0.2) is 18.2 Å². The van der Waals surface area contributed by atoms with Crippen LogP contribution in [-0.4, -0.2) is 18.2 Å². The zero-order valence-corrected chi connectivity index (χ0v) is 9.41. The number of methoxy groups -OCH3 is 1. The van der Waals surface area contributed by atoms with E-state index in [1.807, 2.05) is 6.92 Å². The average Bonchev–Trinajstić information content (AvgIpc) is 2.16. The van der Waals surface area contributed by atoms with E-state index < -0.39 is 5.97 Å². The Balaban J connectivity index is 2.99. The first-order chi connectivity index (χ1) is 7.04. The lowest BCUT2D eigenvalue weighted by atomic mass is 9.97. The highest BCUT2D eigenvalue weighted by molar-refractivity contribution is 6.30. The predicted octanol–water partition coefficient (Wildman–Crippen LogP) is 2.93. The lowest BCUT2D eigenvalue weighted by molar-refractivity contribution is -0.137. The summed E-state index contributed by atoms with van der Waals surface area (Å²) in [6, 6.07) is 5.21. The summed E-state index contributed by atoms with van der Waals surface area (Å²) in [6.45, 7) is 1.84. The Hall–Kier alpha value is -1.22. The molecule has 0 fully saturated rings. The molecular formula is C11H13ClO3. The normalized spacial score (nSPS) is 12.2. The maximum Gasteiger partial charge on any atom is 0.303 e. The number of ether oxygens (including phenoxy) is 1. The molecule has 0 spiro atoms. The molecule has 0 aliphatic carbocycles. The Morgan fingerprint density at radius 2 is 2.27 bits per heavy atom. The van der Waals surface area contributed by atoms with Gasteiger partial charge in [-0.15, -0.1) is 0 Å². The fourth-order valence-electron chi connectivity index (χ4n) is 1.46. The van der Waals surface area contributed by atoms with E-state index in [0.717, 1.165) is 5.56 Å². The number of benzene rings is 1. The number of carbonyl (C=O) groups is 1. The molecule has 0 saturated carbocycles. The lowest BCUT2D eigenvalue weighted by Crippen LogP contribution is -2.04. The molecule has 0 aromatic heterocycles. The summed E-state index contributed by atoms with van der Waals surface area (Å²) >= 11 is 5.85. The summed E-state index contributed by atoms with van der Waals surface area (Å²) in [4.78, 5) is 10.6. The van der Waals surface area contributed by atoms with E-state index in [-0.39, 0.29) is 12.3 Å². The number of aliphatic carboxylic acids is 1. The van der Waals surface area contributed by atoms with Crippen LogP contribution >= 0.6 is 11.6 Å². The first-order valence-electron chi connectivity index (χ1n) is 4.59. The quantitative estimate of drug-likeness (QED) is 0.862. The van der Waals surface area contributed by atoms with Crippen molar-refractivity contribution in [2.75, 3.05) is 7.11 Å². The molecule has 0 aliphatic rings. The van der Waals surface area contributed by atoms with Crippen molar-refractivity contribution in [3.8, 4) is 5.75 Å². The molecule has 0 heterocycles. The fraction of sp³-hybridized carbons (Fsp3) is 0.364. The van der Waals surface area contributed by atoms with Crippen molar-refractivity contribution in [3.05, 3.63) is 28.8 Å². The van der Waals surface area contributed by atoms with Gasteiger partial charge in [0.2, 0.25) is 0 Å². The summed E-state index contributed by atoms with van der Waals surface area (Å²) in [7, 11) is 1.56.